The molecule has 5 rings (SSSR count). The molecule has 0 spiro atoms. The van der Waals surface area contributed by atoms with Gasteiger partial charge in [-0.3, -0.25) is 4.90 Å². The summed E-state index contributed by atoms with van der Waals surface area (Å²) in [7, 11) is 0. The average Bonchev–Trinajstić information content (AvgIpc) is 3.32. The molecular formula is C27H27F3N6O2. The Bertz CT molecular complexity index is 1430. The van der Waals surface area contributed by atoms with Gasteiger partial charge in [-0.2, -0.15) is 18.3 Å². The number of ether oxygens (including phenoxy) is 1. The van der Waals surface area contributed by atoms with Crippen molar-refractivity contribution in [2.24, 2.45) is 0 Å². The predicted molar refractivity (Wildman–Crippen MR) is 139 cm³/mol. The molecule has 1 saturated heterocycles. The number of aryl methyl sites for hydroxylation is 1. The van der Waals surface area contributed by atoms with E-state index in [0.717, 1.165) is 53.1 Å². The second kappa shape index (κ2) is 10.8. The number of halogens is 3. The van der Waals surface area contributed by atoms with Crippen molar-refractivity contribution in [1.29, 1.82) is 0 Å². The Morgan fingerprint density at radius 3 is 2.47 bits per heavy atom. The van der Waals surface area contributed by atoms with Crippen LogP contribution in [0.25, 0.3) is 22.2 Å². The van der Waals surface area contributed by atoms with Crippen molar-refractivity contribution in [3.8, 4) is 11.1 Å². The minimum Gasteiger partial charge on any atom is -0.379 e. The third kappa shape index (κ3) is 5.79. The Kier molecular flexibility index (Phi) is 7.30. The maximum atomic E-state index is 12.9. The predicted octanol–water partition coefficient (Wildman–Crippen LogP) is 5.61. The number of rotatable bonds is 6. The molecule has 0 saturated carbocycles. The van der Waals surface area contributed by atoms with Crippen molar-refractivity contribution >= 4 is 28.4 Å². The molecule has 38 heavy (non-hydrogen) atoms. The minimum atomic E-state index is -4.49. The van der Waals surface area contributed by atoms with Gasteiger partial charge in [-0.1, -0.05) is 18.2 Å². The van der Waals surface area contributed by atoms with Gasteiger partial charge in [0.1, 0.15) is 0 Å². The first-order chi connectivity index (χ1) is 18.3. The minimum absolute atomic E-state index is 0.0499. The zero-order valence-electron chi connectivity index (χ0n) is 20.8. The van der Waals surface area contributed by atoms with Crippen LogP contribution in [0.5, 0.6) is 0 Å². The molecule has 1 fully saturated rings. The molecule has 2 N–H and O–H groups in total. The van der Waals surface area contributed by atoms with Gasteiger partial charge in [-0.25, -0.2) is 14.5 Å². The number of nitrogens with one attached hydrogen (secondary N) is 2. The molecule has 2 aromatic carbocycles. The fourth-order valence-corrected chi connectivity index (χ4v) is 4.44. The van der Waals surface area contributed by atoms with Crippen molar-refractivity contribution in [1.82, 2.24) is 19.7 Å². The number of carbonyl (C=O) groups excluding carboxylic acids is 1. The van der Waals surface area contributed by atoms with Crippen LogP contribution in [0.1, 0.15) is 18.2 Å². The molecule has 0 aliphatic carbocycles. The lowest BCUT2D eigenvalue weighted by Gasteiger charge is -2.26. The summed E-state index contributed by atoms with van der Waals surface area (Å²) < 4.78 is 46.2. The second-order valence-corrected chi connectivity index (χ2v) is 8.98. The van der Waals surface area contributed by atoms with E-state index in [0.29, 0.717) is 32.0 Å². The van der Waals surface area contributed by atoms with Gasteiger partial charge in [0.25, 0.3) is 0 Å². The molecule has 0 atom stereocenters. The van der Waals surface area contributed by atoms with Crippen LogP contribution in [-0.4, -0.2) is 52.0 Å². The Labute approximate surface area is 217 Å². The SMILES string of the molecule is CCn1ncc2c(-c3ccc(NC(=O)Nc4cccc(C(F)(F)F)c4)cc3)cc(CN3CCOCC3)nc21. The monoisotopic (exact) mass is 524 g/mol. The first-order valence-electron chi connectivity index (χ1n) is 12.3. The van der Waals surface area contributed by atoms with E-state index < -0.39 is 17.8 Å². The fraction of sp³-hybridized carbons (Fsp3) is 0.296. The van der Waals surface area contributed by atoms with Crippen LogP contribution in [0.3, 0.4) is 0 Å². The molecule has 0 bridgehead atoms. The quantitative estimate of drug-likeness (QED) is 0.342. The Morgan fingerprint density at radius 2 is 1.76 bits per heavy atom. The van der Waals surface area contributed by atoms with Crippen LogP contribution in [0.2, 0.25) is 0 Å². The third-order valence-electron chi connectivity index (χ3n) is 6.35. The normalized spacial score (nSPS) is 14.5. The lowest BCUT2D eigenvalue weighted by molar-refractivity contribution is -0.137. The molecule has 1 aliphatic heterocycles. The summed E-state index contributed by atoms with van der Waals surface area (Å²) in [6.07, 6.45) is -2.67. The van der Waals surface area contributed by atoms with Crippen LogP contribution in [0, 0.1) is 0 Å². The maximum Gasteiger partial charge on any atom is 0.416 e. The van der Waals surface area contributed by atoms with E-state index in [1.165, 1.54) is 12.1 Å². The highest BCUT2D eigenvalue weighted by Gasteiger charge is 2.30. The molecular weight excluding hydrogens is 497 g/mol. The van der Waals surface area contributed by atoms with E-state index >= 15 is 0 Å². The third-order valence-corrected chi connectivity index (χ3v) is 6.35. The lowest BCUT2D eigenvalue weighted by Crippen LogP contribution is -2.35. The summed E-state index contributed by atoms with van der Waals surface area (Å²) in [5, 5.41) is 10.5. The molecule has 0 radical (unpaired) electrons. The van der Waals surface area contributed by atoms with E-state index in [9.17, 15) is 18.0 Å². The number of pyridine rings is 1. The summed E-state index contributed by atoms with van der Waals surface area (Å²) in [4.78, 5) is 19.6. The van der Waals surface area contributed by atoms with E-state index in [4.69, 9.17) is 9.72 Å². The van der Waals surface area contributed by atoms with Gasteiger partial charge in [-0.15, -0.1) is 0 Å². The van der Waals surface area contributed by atoms with Crippen LogP contribution >= 0.6 is 0 Å². The van der Waals surface area contributed by atoms with Gasteiger partial charge in [0.15, 0.2) is 5.65 Å². The second-order valence-electron chi connectivity index (χ2n) is 8.98. The van der Waals surface area contributed by atoms with Crippen molar-refractivity contribution in [3.05, 3.63) is 72.1 Å². The number of fused-ring (bicyclic) bond motifs is 1. The van der Waals surface area contributed by atoms with Crippen LogP contribution in [0.4, 0.5) is 29.3 Å². The number of benzene rings is 2. The number of hydrogen-bond acceptors (Lipinski definition) is 5. The number of carbonyl (C=O) groups is 1. The highest BCUT2D eigenvalue weighted by Crippen LogP contribution is 2.32. The summed E-state index contributed by atoms with van der Waals surface area (Å²) in [5.41, 5.74) is 3.39. The van der Waals surface area contributed by atoms with Crippen LogP contribution < -0.4 is 10.6 Å². The molecule has 2 amide bonds. The molecule has 2 aromatic heterocycles. The molecule has 8 nitrogen and oxygen atoms in total. The van der Waals surface area contributed by atoms with Gasteiger partial charge in [-0.05, 0) is 54.4 Å². The van der Waals surface area contributed by atoms with Crippen molar-refractivity contribution in [2.45, 2.75) is 26.2 Å². The number of hydrogen-bond donors (Lipinski definition) is 2. The number of amides is 2. The number of anilines is 2. The molecule has 0 unspecified atom stereocenters. The molecule has 1 aliphatic rings. The van der Waals surface area contributed by atoms with Gasteiger partial charge in [0.2, 0.25) is 0 Å². The van der Waals surface area contributed by atoms with E-state index in [1.54, 1.807) is 12.1 Å². The smallest absolute Gasteiger partial charge is 0.379 e. The number of morpholine rings is 1. The summed E-state index contributed by atoms with van der Waals surface area (Å²) in [6, 6.07) is 13.2. The number of aromatic nitrogens is 3. The first-order valence-corrected chi connectivity index (χ1v) is 12.3. The Hall–Kier alpha value is -3.96. The van der Waals surface area contributed by atoms with Crippen molar-refractivity contribution < 1.29 is 22.7 Å². The average molecular weight is 525 g/mol. The molecule has 11 heteroatoms. The fourth-order valence-electron chi connectivity index (χ4n) is 4.44. The Morgan fingerprint density at radius 1 is 1.03 bits per heavy atom. The number of urea groups is 1. The molecule has 4 aromatic rings. The van der Waals surface area contributed by atoms with Gasteiger partial charge < -0.3 is 15.4 Å². The van der Waals surface area contributed by atoms with Crippen molar-refractivity contribution in [3.63, 3.8) is 0 Å². The van der Waals surface area contributed by atoms with Gasteiger partial charge >= 0.3 is 12.2 Å². The maximum absolute atomic E-state index is 12.9. The summed E-state index contributed by atoms with van der Waals surface area (Å²) in [5.74, 6) is 0. The van der Waals surface area contributed by atoms with Crippen molar-refractivity contribution in [2.75, 3.05) is 36.9 Å². The van der Waals surface area contributed by atoms with Gasteiger partial charge in [0.05, 0.1) is 30.7 Å². The van der Waals surface area contributed by atoms with E-state index in [1.807, 2.05) is 29.9 Å². The number of alkyl halides is 3. The van der Waals surface area contributed by atoms with Gasteiger partial charge in [0, 0.05) is 42.9 Å². The highest BCUT2D eigenvalue weighted by atomic mass is 19.4. The zero-order valence-corrected chi connectivity index (χ0v) is 20.8. The summed E-state index contributed by atoms with van der Waals surface area (Å²) in [6.45, 7) is 6.54. The topological polar surface area (TPSA) is 84.3 Å². The highest BCUT2D eigenvalue weighted by molar-refractivity contribution is 6.00. The first kappa shape index (κ1) is 25.7. The lowest BCUT2D eigenvalue weighted by atomic mass is 10.0. The Balaban J connectivity index is 1.34. The van der Waals surface area contributed by atoms with E-state index in [-0.39, 0.29) is 5.69 Å². The zero-order chi connectivity index (χ0) is 26.7. The number of nitrogens with zero attached hydrogens (tertiary/aromatic N) is 4. The molecule has 198 valence electrons. The van der Waals surface area contributed by atoms with Crippen LogP contribution in [0.15, 0.2) is 60.8 Å². The summed E-state index contributed by atoms with van der Waals surface area (Å²) >= 11 is 0. The van der Waals surface area contributed by atoms with Crippen LogP contribution in [-0.2, 0) is 24.0 Å². The van der Waals surface area contributed by atoms with E-state index in [2.05, 4.69) is 26.7 Å². The largest absolute Gasteiger partial charge is 0.416 e. The standard InChI is InChI=1S/C27H27F3N6O2/c1-2-36-25-24(16-31-36)23(15-22(32-25)17-35-10-12-38-13-11-35)18-6-8-20(9-7-18)33-26(37)34-21-5-3-4-19(14-21)27(28,29)30/h3-9,14-16H,2,10-13,17H2,1H3,(H2,33,34,37). The molecule has 3 heterocycles.